The molecule has 3 heterocycles. The summed E-state index contributed by atoms with van der Waals surface area (Å²) < 4.78 is 52.3. The molecule has 3 aromatic carbocycles. The lowest BCUT2D eigenvalue weighted by Gasteiger charge is -2.41. The number of aromatic nitrogens is 2. The highest BCUT2D eigenvalue weighted by atomic mass is 35.5. The second kappa shape index (κ2) is 24.7. The van der Waals surface area contributed by atoms with Crippen LogP contribution in [0.3, 0.4) is 0 Å². The van der Waals surface area contributed by atoms with E-state index >= 15 is 0 Å². The Labute approximate surface area is 383 Å². The molecule has 2 aliphatic heterocycles. The number of rotatable bonds is 25. The maximum atomic E-state index is 14.3. The first-order valence-electron chi connectivity index (χ1n) is 21.2. The van der Waals surface area contributed by atoms with E-state index in [0.717, 1.165) is 11.1 Å². The van der Waals surface area contributed by atoms with Crippen molar-refractivity contribution >= 4 is 40.8 Å². The Morgan fingerprint density at radius 2 is 1.44 bits per heavy atom. The van der Waals surface area contributed by atoms with Crippen molar-refractivity contribution in [3.8, 4) is 39.6 Å². The molecule has 4 N–H and O–H groups in total. The lowest BCUT2D eigenvalue weighted by molar-refractivity contribution is -0.0374. The minimum absolute atomic E-state index is 0.0942. The van der Waals surface area contributed by atoms with Gasteiger partial charge in [-0.1, -0.05) is 35.3 Å². The van der Waals surface area contributed by atoms with Crippen molar-refractivity contribution < 1.29 is 52.2 Å². The Kier molecular flexibility index (Phi) is 18.9. The smallest absolute Gasteiger partial charge is 0.319 e. The fourth-order valence-electron chi connectivity index (χ4n) is 7.12. The maximum absolute atomic E-state index is 14.3. The van der Waals surface area contributed by atoms with Gasteiger partial charge in [0.1, 0.15) is 18.1 Å². The Morgan fingerprint density at radius 3 is 2.05 bits per heavy atom. The van der Waals surface area contributed by atoms with Crippen molar-refractivity contribution in [1.82, 2.24) is 20.0 Å². The van der Waals surface area contributed by atoms with E-state index in [4.69, 9.17) is 76.7 Å². The summed E-state index contributed by atoms with van der Waals surface area (Å²) in [5, 5.41) is 11.5. The van der Waals surface area contributed by atoms with Crippen LogP contribution in [-0.4, -0.2) is 151 Å². The van der Waals surface area contributed by atoms with Crippen LogP contribution >= 0.6 is 23.2 Å². The average Bonchev–Trinajstić information content (AvgIpc) is 3.68. The minimum atomic E-state index is -0.550. The summed E-state index contributed by atoms with van der Waals surface area (Å²) >= 11 is 13.0. The summed E-state index contributed by atoms with van der Waals surface area (Å²) in [5.41, 5.74) is 9.65. The van der Waals surface area contributed by atoms with Gasteiger partial charge in [0, 0.05) is 58.1 Å². The zero-order valence-corrected chi connectivity index (χ0v) is 38.1. The van der Waals surface area contributed by atoms with Crippen LogP contribution in [0, 0.1) is 0 Å². The second-order valence-electron chi connectivity index (χ2n) is 15.3. The first kappa shape index (κ1) is 48.9. The van der Waals surface area contributed by atoms with Gasteiger partial charge in [0.05, 0.1) is 117 Å². The number of nitrogens with two attached hydrogens (primary N) is 1. The number of halogens is 2. The summed E-state index contributed by atoms with van der Waals surface area (Å²) in [6.07, 6.45) is 0. The van der Waals surface area contributed by atoms with Gasteiger partial charge in [-0.25, -0.2) is 9.48 Å². The first-order valence-corrected chi connectivity index (χ1v) is 22.0. The quantitative estimate of drug-likeness (QED) is 0.0673. The average molecular weight is 930 g/mol. The third-order valence-electron chi connectivity index (χ3n) is 10.2. The SMILES string of the molecule is COc1cc2c(cc1-c1cccc(NC(=O)NCCOCCOCCOCCOCCOCCOCCN)c1)-c1c(c(C(=O)N3CCOCC3(C)C)nn1-c1cc(Cl)cc(Cl)c1)CO2. The van der Waals surface area contributed by atoms with E-state index < -0.39 is 11.6 Å². The molecule has 0 unspecified atom stereocenters. The van der Waals surface area contributed by atoms with Crippen LogP contribution in [0.1, 0.15) is 29.9 Å². The van der Waals surface area contributed by atoms with E-state index in [1.807, 2.05) is 44.2 Å². The number of carbonyl (C=O) groups excluding carboxylic acids is 2. The molecule has 1 fully saturated rings. The molecule has 0 radical (unpaired) electrons. The van der Waals surface area contributed by atoms with Crippen LogP contribution in [0.15, 0.2) is 54.6 Å². The molecular weight excluding hydrogens is 871 g/mol. The topological polar surface area (TPSA) is 188 Å². The van der Waals surface area contributed by atoms with E-state index in [2.05, 4.69) is 10.6 Å². The van der Waals surface area contributed by atoms with Crippen LogP contribution in [0.2, 0.25) is 10.0 Å². The van der Waals surface area contributed by atoms with Gasteiger partial charge in [0.15, 0.2) is 5.69 Å². The molecule has 0 atom stereocenters. The molecule has 0 bridgehead atoms. The van der Waals surface area contributed by atoms with E-state index in [9.17, 15) is 9.59 Å². The second-order valence-corrected chi connectivity index (χ2v) is 16.2. The summed E-state index contributed by atoms with van der Waals surface area (Å²) in [7, 11) is 1.58. The Balaban J connectivity index is 1.01. The summed E-state index contributed by atoms with van der Waals surface area (Å²) in [6.45, 7) is 11.5. The van der Waals surface area contributed by atoms with Gasteiger partial charge < -0.3 is 63.9 Å². The summed E-state index contributed by atoms with van der Waals surface area (Å²) in [4.78, 5) is 29.0. The van der Waals surface area contributed by atoms with Gasteiger partial charge in [-0.3, -0.25) is 4.79 Å². The van der Waals surface area contributed by atoms with E-state index in [-0.39, 0.29) is 18.2 Å². The third-order valence-corrected chi connectivity index (χ3v) is 10.6. The normalized spacial score (nSPS) is 14.1. The zero-order valence-electron chi connectivity index (χ0n) is 36.6. The maximum Gasteiger partial charge on any atom is 0.319 e. The first-order chi connectivity index (χ1) is 31.1. The van der Waals surface area contributed by atoms with E-state index in [0.29, 0.717) is 162 Å². The zero-order chi connectivity index (χ0) is 45.3. The lowest BCUT2D eigenvalue weighted by atomic mass is 9.95. The highest BCUT2D eigenvalue weighted by Crippen LogP contribution is 2.47. The minimum Gasteiger partial charge on any atom is -0.496 e. The number of hydrogen-bond donors (Lipinski definition) is 3. The van der Waals surface area contributed by atoms with E-state index in [1.54, 1.807) is 41.0 Å². The monoisotopic (exact) mass is 928 g/mol. The molecule has 0 saturated carbocycles. The number of methoxy groups -OCH3 is 1. The van der Waals surface area contributed by atoms with Crippen LogP contribution in [0.25, 0.3) is 28.1 Å². The molecule has 19 heteroatoms. The fourth-order valence-corrected chi connectivity index (χ4v) is 7.63. The molecule has 1 aromatic heterocycles. The molecule has 3 amide bonds. The number of nitrogens with zero attached hydrogens (tertiary/aromatic N) is 3. The van der Waals surface area contributed by atoms with Gasteiger partial charge >= 0.3 is 6.03 Å². The number of carbonyl (C=O) groups is 2. The van der Waals surface area contributed by atoms with Gasteiger partial charge in [-0.05, 0) is 55.8 Å². The van der Waals surface area contributed by atoms with Gasteiger partial charge in [-0.2, -0.15) is 5.10 Å². The fraction of sp³-hybridized carbons (Fsp3) is 0.489. The van der Waals surface area contributed by atoms with Crippen molar-refractivity contribution in [3.63, 3.8) is 0 Å². The van der Waals surface area contributed by atoms with Crippen molar-refractivity contribution in [1.29, 1.82) is 0 Å². The highest BCUT2D eigenvalue weighted by molar-refractivity contribution is 6.34. The van der Waals surface area contributed by atoms with Gasteiger partial charge in [-0.15, -0.1) is 0 Å². The number of fused-ring (bicyclic) bond motifs is 3. The Hall–Kier alpha value is -4.53. The molecule has 6 rings (SSSR count). The number of urea groups is 1. The molecule has 4 aromatic rings. The molecule has 0 spiro atoms. The van der Waals surface area contributed by atoms with Gasteiger partial charge in [0.25, 0.3) is 5.91 Å². The molecule has 1 saturated heterocycles. The van der Waals surface area contributed by atoms with Crippen molar-refractivity contribution in [3.05, 3.63) is 75.9 Å². The van der Waals surface area contributed by atoms with Crippen molar-refractivity contribution in [2.75, 3.05) is 125 Å². The van der Waals surface area contributed by atoms with Crippen LogP contribution in [-0.2, 0) is 39.8 Å². The largest absolute Gasteiger partial charge is 0.496 e. The number of benzene rings is 3. The van der Waals surface area contributed by atoms with Crippen LogP contribution < -0.4 is 25.8 Å². The molecular formula is C45H58Cl2N6O11. The number of anilines is 1. The van der Waals surface area contributed by atoms with Crippen molar-refractivity contribution in [2.45, 2.75) is 26.0 Å². The summed E-state index contributed by atoms with van der Waals surface area (Å²) in [5.74, 6) is 0.858. The highest BCUT2D eigenvalue weighted by Gasteiger charge is 2.39. The summed E-state index contributed by atoms with van der Waals surface area (Å²) in [6, 6.07) is 15.9. The number of nitrogens with one attached hydrogen (secondary N) is 2. The molecule has 348 valence electrons. The van der Waals surface area contributed by atoms with Crippen molar-refractivity contribution in [2.24, 2.45) is 5.73 Å². The Morgan fingerprint density at radius 1 is 0.812 bits per heavy atom. The standard InChI is InChI=1S/C45H58Cl2N6O11/c1-45(2)30-63-12-9-52(45)43(54)41-38-29-64-40-28-39(56-3)36(27-37(40)42(38)53(51-41)35-25-32(46)24-33(47)26-35)31-5-4-6-34(23-31)50-44(55)49-8-11-58-14-16-60-18-20-62-22-21-61-19-17-59-15-13-57-10-7-48/h4-6,23-28H,7-22,29-30,48H2,1-3H3,(H2,49,50,55). The number of hydrogen-bond acceptors (Lipinski definition) is 13. The van der Waals surface area contributed by atoms with Crippen LogP contribution in [0.4, 0.5) is 10.5 Å². The number of morpholine rings is 1. The third kappa shape index (κ3) is 13.5. The predicted molar refractivity (Wildman–Crippen MR) is 242 cm³/mol. The number of amides is 3. The molecule has 64 heavy (non-hydrogen) atoms. The number of ether oxygens (including phenoxy) is 9. The molecule has 17 nitrogen and oxygen atoms in total. The van der Waals surface area contributed by atoms with Gasteiger partial charge in [0.2, 0.25) is 0 Å². The molecule has 2 aliphatic rings. The van der Waals surface area contributed by atoms with E-state index in [1.165, 1.54) is 0 Å². The predicted octanol–water partition coefficient (Wildman–Crippen LogP) is 5.84. The lowest BCUT2D eigenvalue weighted by Crippen LogP contribution is -2.55. The Bertz CT molecular complexity index is 2140. The van der Waals surface area contributed by atoms with Crippen LogP contribution in [0.5, 0.6) is 11.5 Å². The molecule has 0 aliphatic carbocycles.